The topological polar surface area (TPSA) is 58.5 Å². The van der Waals surface area contributed by atoms with Gasteiger partial charge in [-0.05, 0) is 37.6 Å². The van der Waals surface area contributed by atoms with Gasteiger partial charge in [0, 0.05) is 23.5 Å². The molecule has 1 N–H and O–H groups in total. The van der Waals surface area contributed by atoms with Crippen molar-refractivity contribution < 1.29 is 9.84 Å². The number of thiophene rings is 1. The van der Waals surface area contributed by atoms with Gasteiger partial charge in [-0.2, -0.15) is 0 Å². The summed E-state index contributed by atoms with van der Waals surface area (Å²) in [6.45, 7) is 3.50. The Morgan fingerprint density at radius 3 is 3.18 bits per heavy atom. The van der Waals surface area contributed by atoms with Gasteiger partial charge in [0.05, 0.1) is 12.7 Å². The fourth-order valence-electron chi connectivity index (χ4n) is 2.95. The number of hydrogen-bond acceptors (Lipinski definition) is 6. The van der Waals surface area contributed by atoms with Gasteiger partial charge in [-0.15, -0.1) is 11.3 Å². The van der Waals surface area contributed by atoms with Gasteiger partial charge in [-0.1, -0.05) is 6.07 Å². The smallest absolute Gasteiger partial charge is 0.218 e. The van der Waals surface area contributed by atoms with Crippen molar-refractivity contribution >= 4 is 17.2 Å². The first-order chi connectivity index (χ1) is 10.8. The van der Waals surface area contributed by atoms with Gasteiger partial charge in [0.25, 0.3) is 0 Å². The zero-order chi connectivity index (χ0) is 15.4. The van der Waals surface area contributed by atoms with Crippen LogP contribution in [0.3, 0.4) is 0 Å². The van der Waals surface area contributed by atoms with Crippen molar-refractivity contribution in [3.8, 4) is 5.88 Å². The molecule has 0 saturated carbocycles. The molecule has 6 heteroatoms. The fraction of sp³-hybridized carbons (Fsp3) is 0.500. The molecule has 0 amide bonds. The third kappa shape index (κ3) is 3.39. The van der Waals surface area contributed by atoms with E-state index in [9.17, 15) is 5.11 Å². The Labute approximate surface area is 134 Å². The number of anilines is 1. The molecule has 2 aromatic rings. The molecule has 1 aliphatic heterocycles. The Bertz CT molecular complexity index is 591. The maximum atomic E-state index is 10.4. The molecule has 2 aromatic heterocycles. The summed E-state index contributed by atoms with van der Waals surface area (Å²) in [4.78, 5) is 11.8. The molecule has 22 heavy (non-hydrogen) atoms. The van der Waals surface area contributed by atoms with Crippen LogP contribution in [0.15, 0.2) is 29.9 Å². The summed E-state index contributed by atoms with van der Waals surface area (Å²) >= 11 is 1.61. The number of nitrogens with zero attached hydrogens (tertiary/aromatic N) is 3. The SMILES string of the molecule is CCOc1cc(N2CCCC2CC(O)c2cccs2)ncn1. The highest BCUT2D eigenvalue weighted by molar-refractivity contribution is 7.10. The van der Waals surface area contributed by atoms with Crippen molar-refractivity contribution in [1.82, 2.24) is 9.97 Å². The molecule has 0 spiro atoms. The third-order valence-corrected chi connectivity index (χ3v) is 4.93. The Kier molecular flexibility index (Phi) is 4.90. The molecule has 0 aromatic carbocycles. The highest BCUT2D eigenvalue weighted by Gasteiger charge is 2.28. The van der Waals surface area contributed by atoms with Crippen LogP contribution in [-0.4, -0.2) is 34.3 Å². The molecular weight excluding hydrogens is 298 g/mol. The number of ether oxygens (including phenoxy) is 1. The maximum Gasteiger partial charge on any atom is 0.218 e. The minimum atomic E-state index is -0.404. The fourth-order valence-corrected chi connectivity index (χ4v) is 3.68. The molecule has 2 atom stereocenters. The lowest BCUT2D eigenvalue weighted by molar-refractivity contribution is 0.161. The normalized spacial score (nSPS) is 19.4. The largest absolute Gasteiger partial charge is 0.478 e. The molecular formula is C16H21N3O2S. The summed E-state index contributed by atoms with van der Waals surface area (Å²) < 4.78 is 5.46. The van der Waals surface area contributed by atoms with Gasteiger partial charge < -0.3 is 14.7 Å². The van der Waals surface area contributed by atoms with Crippen LogP contribution in [0.1, 0.15) is 37.2 Å². The quantitative estimate of drug-likeness (QED) is 0.887. The summed E-state index contributed by atoms with van der Waals surface area (Å²) in [5.41, 5.74) is 0. The average molecular weight is 319 g/mol. The molecule has 0 aliphatic carbocycles. The Hall–Kier alpha value is -1.66. The number of rotatable bonds is 6. The van der Waals surface area contributed by atoms with Crippen molar-refractivity contribution in [2.45, 2.75) is 38.3 Å². The molecule has 0 radical (unpaired) electrons. The number of aromatic nitrogens is 2. The van der Waals surface area contributed by atoms with E-state index in [0.29, 0.717) is 18.5 Å². The van der Waals surface area contributed by atoms with Crippen molar-refractivity contribution in [3.63, 3.8) is 0 Å². The van der Waals surface area contributed by atoms with E-state index in [4.69, 9.17) is 4.74 Å². The van der Waals surface area contributed by atoms with Crippen molar-refractivity contribution in [2.75, 3.05) is 18.1 Å². The summed E-state index contributed by atoms with van der Waals surface area (Å²) in [7, 11) is 0. The van der Waals surface area contributed by atoms with E-state index in [-0.39, 0.29) is 0 Å². The molecule has 2 unspecified atom stereocenters. The standard InChI is InChI=1S/C16H21N3O2S/c1-2-21-16-10-15(17-11-18-16)19-7-3-5-12(19)9-13(20)14-6-4-8-22-14/h4,6,8,10-13,20H,2-3,5,7,9H2,1H3. The number of aliphatic hydroxyl groups is 1. The summed E-state index contributed by atoms with van der Waals surface area (Å²) in [6.07, 6.45) is 4.07. The second-order valence-electron chi connectivity index (χ2n) is 5.40. The lowest BCUT2D eigenvalue weighted by Crippen LogP contribution is -2.31. The first-order valence-electron chi connectivity index (χ1n) is 7.71. The predicted molar refractivity (Wildman–Crippen MR) is 87.5 cm³/mol. The van der Waals surface area contributed by atoms with E-state index in [1.807, 2.05) is 30.5 Å². The molecule has 1 saturated heterocycles. The molecule has 3 heterocycles. The lowest BCUT2D eigenvalue weighted by Gasteiger charge is -2.27. The Balaban J connectivity index is 1.71. The zero-order valence-electron chi connectivity index (χ0n) is 12.7. The van der Waals surface area contributed by atoms with Gasteiger partial charge in [0.2, 0.25) is 5.88 Å². The maximum absolute atomic E-state index is 10.4. The second-order valence-corrected chi connectivity index (χ2v) is 6.38. The first-order valence-corrected chi connectivity index (χ1v) is 8.59. The molecule has 0 bridgehead atoms. The van der Waals surface area contributed by atoms with Gasteiger partial charge in [0.15, 0.2) is 0 Å². The van der Waals surface area contributed by atoms with Crippen molar-refractivity contribution in [2.24, 2.45) is 0 Å². The van der Waals surface area contributed by atoms with E-state index in [2.05, 4.69) is 14.9 Å². The zero-order valence-corrected chi connectivity index (χ0v) is 13.5. The highest BCUT2D eigenvalue weighted by Crippen LogP contribution is 2.32. The molecule has 118 valence electrons. The minimum absolute atomic E-state index is 0.307. The Morgan fingerprint density at radius 2 is 2.41 bits per heavy atom. The molecule has 1 aliphatic rings. The molecule has 5 nitrogen and oxygen atoms in total. The summed E-state index contributed by atoms with van der Waals surface area (Å²) in [6, 6.07) is 6.17. The lowest BCUT2D eigenvalue weighted by atomic mass is 10.1. The monoisotopic (exact) mass is 319 g/mol. The number of aliphatic hydroxyl groups excluding tert-OH is 1. The third-order valence-electron chi connectivity index (χ3n) is 3.96. The van der Waals surface area contributed by atoms with E-state index in [1.54, 1.807) is 17.7 Å². The van der Waals surface area contributed by atoms with Crippen LogP contribution in [0.4, 0.5) is 5.82 Å². The summed E-state index contributed by atoms with van der Waals surface area (Å²) in [5, 5.41) is 12.4. The van der Waals surface area contributed by atoms with E-state index >= 15 is 0 Å². The highest BCUT2D eigenvalue weighted by atomic mass is 32.1. The van der Waals surface area contributed by atoms with Crippen LogP contribution in [0, 0.1) is 0 Å². The molecule has 3 rings (SSSR count). The van der Waals surface area contributed by atoms with E-state index < -0.39 is 6.10 Å². The Morgan fingerprint density at radius 1 is 1.50 bits per heavy atom. The van der Waals surface area contributed by atoms with Gasteiger partial charge in [-0.25, -0.2) is 9.97 Å². The van der Waals surface area contributed by atoms with Crippen LogP contribution in [0.25, 0.3) is 0 Å². The van der Waals surface area contributed by atoms with Crippen molar-refractivity contribution in [3.05, 3.63) is 34.8 Å². The van der Waals surface area contributed by atoms with E-state index in [1.165, 1.54) is 0 Å². The van der Waals surface area contributed by atoms with E-state index in [0.717, 1.165) is 36.5 Å². The van der Waals surface area contributed by atoms with Crippen LogP contribution in [0.5, 0.6) is 5.88 Å². The van der Waals surface area contributed by atoms with Gasteiger partial charge in [-0.3, -0.25) is 0 Å². The van der Waals surface area contributed by atoms with Crippen LogP contribution in [-0.2, 0) is 0 Å². The van der Waals surface area contributed by atoms with Crippen LogP contribution < -0.4 is 9.64 Å². The van der Waals surface area contributed by atoms with Crippen LogP contribution in [0.2, 0.25) is 0 Å². The molecule has 1 fully saturated rings. The average Bonchev–Trinajstić information content (AvgIpc) is 3.19. The van der Waals surface area contributed by atoms with Gasteiger partial charge >= 0.3 is 0 Å². The van der Waals surface area contributed by atoms with Crippen LogP contribution >= 0.6 is 11.3 Å². The second kappa shape index (κ2) is 7.07. The predicted octanol–water partition coefficient (Wildman–Crippen LogP) is 3.03. The number of hydrogen-bond donors (Lipinski definition) is 1. The van der Waals surface area contributed by atoms with Gasteiger partial charge in [0.1, 0.15) is 12.1 Å². The first kappa shape index (κ1) is 15.2. The minimum Gasteiger partial charge on any atom is -0.478 e. The van der Waals surface area contributed by atoms with Crippen molar-refractivity contribution in [1.29, 1.82) is 0 Å². The summed E-state index contributed by atoms with van der Waals surface area (Å²) in [5.74, 6) is 1.50.